The fraction of sp³-hybridized carbons (Fsp3) is 0.909. The predicted molar refractivity (Wildman–Crippen MR) is 74.2 cm³/mol. The second-order valence-corrected chi connectivity index (χ2v) is 6.64. The lowest BCUT2D eigenvalue weighted by Crippen LogP contribution is -2.47. The minimum Gasteiger partial charge on any atom is -0.355 e. The Morgan fingerprint density at radius 2 is 1.94 bits per heavy atom. The van der Waals surface area contributed by atoms with Gasteiger partial charge in [-0.3, -0.25) is 4.99 Å². The molecule has 1 rings (SSSR count). The number of hydrogen-bond acceptors (Lipinski definition) is 3. The summed E-state index contributed by atoms with van der Waals surface area (Å²) in [4.78, 5) is 6.45. The normalized spacial score (nSPS) is 19.1. The summed E-state index contributed by atoms with van der Waals surface area (Å²) >= 11 is 0. The molecule has 1 aliphatic rings. The largest absolute Gasteiger partial charge is 0.355 e. The first-order valence-electron chi connectivity index (χ1n) is 6.32. The van der Waals surface area contributed by atoms with E-state index in [0.29, 0.717) is 13.1 Å². The van der Waals surface area contributed by atoms with Gasteiger partial charge in [0.1, 0.15) is 0 Å². The topological polar surface area (TPSA) is 73.8 Å². The number of rotatable bonds is 4. The highest BCUT2D eigenvalue weighted by atomic mass is 32.2. The number of hydrogen-bond donors (Lipinski definition) is 2. The summed E-state index contributed by atoms with van der Waals surface area (Å²) in [7, 11) is -1.35. The molecule has 0 aromatic heterocycles. The van der Waals surface area contributed by atoms with E-state index in [9.17, 15) is 8.42 Å². The van der Waals surface area contributed by atoms with E-state index in [1.807, 2.05) is 0 Å². The molecule has 0 saturated carbocycles. The van der Waals surface area contributed by atoms with E-state index in [2.05, 4.69) is 26.9 Å². The summed E-state index contributed by atoms with van der Waals surface area (Å²) < 4.78 is 24.3. The van der Waals surface area contributed by atoms with Crippen LogP contribution in [0.25, 0.3) is 0 Å². The van der Waals surface area contributed by atoms with Gasteiger partial charge in [-0.05, 0) is 18.8 Å². The first kappa shape index (κ1) is 15.2. The van der Waals surface area contributed by atoms with Crippen LogP contribution < -0.4 is 10.0 Å². The highest BCUT2D eigenvalue weighted by molar-refractivity contribution is 7.88. The third kappa shape index (κ3) is 5.68. The summed E-state index contributed by atoms with van der Waals surface area (Å²) in [5, 5.41) is 3.18. The standard InChI is InChI=1S/C11H24N4O2S/c1-10-4-8-15(9-5-10)11(12-2)13-6-7-14-18(3,16)17/h10,14H,4-9H2,1-3H3,(H,12,13). The Morgan fingerprint density at radius 1 is 1.33 bits per heavy atom. The summed E-state index contributed by atoms with van der Waals surface area (Å²) in [6.45, 7) is 5.22. The van der Waals surface area contributed by atoms with Crippen LogP contribution in [0.15, 0.2) is 4.99 Å². The molecule has 0 spiro atoms. The summed E-state index contributed by atoms with van der Waals surface area (Å²) in [6, 6.07) is 0. The lowest BCUT2D eigenvalue weighted by molar-refractivity contribution is 0.273. The Bertz CT molecular complexity index is 373. The van der Waals surface area contributed by atoms with Crippen molar-refractivity contribution in [1.82, 2.24) is 14.9 Å². The third-order valence-electron chi connectivity index (χ3n) is 3.07. The molecular weight excluding hydrogens is 252 g/mol. The van der Waals surface area contributed by atoms with Gasteiger partial charge in [0, 0.05) is 33.2 Å². The summed E-state index contributed by atoms with van der Waals surface area (Å²) in [6.07, 6.45) is 3.53. The van der Waals surface area contributed by atoms with E-state index in [0.717, 1.165) is 31.2 Å². The molecule has 7 heteroatoms. The number of nitrogens with zero attached hydrogens (tertiary/aromatic N) is 2. The van der Waals surface area contributed by atoms with Crippen LogP contribution in [0.3, 0.4) is 0 Å². The Kier molecular flexibility index (Phi) is 5.87. The van der Waals surface area contributed by atoms with Crippen LogP contribution >= 0.6 is 0 Å². The highest BCUT2D eigenvalue weighted by Gasteiger charge is 2.18. The van der Waals surface area contributed by atoms with Crippen LogP contribution in [0.4, 0.5) is 0 Å². The number of likely N-dealkylation sites (tertiary alicyclic amines) is 1. The molecule has 0 radical (unpaired) electrons. The minimum absolute atomic E-state index is 0.377. The number of guanidine groups is 1. The van der Waals surface area contributed by atoms with Gasteiger partial charge in [-0.15, -0.1) is 0 Å². The van der Waals surface area contributed by atoms with E-state index in [1.165, 1.54) is 12.8 Å². The maximum atomic E-state index is 10.9. The van der Waals surface area contributed by atoms with Crippen molar-refractivity contribution in [3.05, 3.63) is 0 Å². The molecule has 18 heavy (non-hydrogen) atoms. The number of aliphatic imine (C=N–C) groups is 1. The number of nitrogens with one attached hydrogen (secondary N) is 2. The lowest BCUT2D eigenvalue weighted by atomic mass is 10.00. The van der Waals surface area contributed by atoms with Crippen molar-refractivity contribution in [3.8, 4) is 0 Å². The lowest BCUT2D eigenvalue weighted by Gasteiger charge is -2.32. The van der Waals surface area contributed by atoms with Gasteiger partial charge in [0.15, 0.2) is 5.96 Å². The molecule has 2 N–H and O–H groups in total. The van der Waals surface area contributed by atoms with Crippen LogP contribution in [0.5, 0.6) is 0 Å². The smallest absolute Gasteiger partial charge is 0.208 e. The van der Waals surface area contributed by atoms with Crippen LogP contribution in [0.1, 0.15) is 19.8 Å². The SMILES string of the molecule is CN=C(NCCNS(C)(=O)=O)N1CCC(C)CC1. The van der Waals surface area contributed by atoms with Crippen LogP contribution in [-0.4, -0.2) is 58.8 Å². The molecule has 1 aliphatic heterocycles. The molecule has 0 aromatic rings. The minimum atomic E-state index is -3.10. The molecule has 1 fully saturated rings. The van der Waals surface area contributed by atoms with Gasteiger partial charge < -0.3 is 10.2 Å². The van der Waals surface area contributed by atoms with Gasteiger partial charge in [-0.1, -0.05) is 6.92 Å². The van der Waals surface area contributed by atoms with Crippen molar-refractivity contribution in [2.75, 3.05) is 39.5 Å². The molecule has 0 unspecified atom stereocenters. The van der Waals surface area contributed by atoms with Crippen LogP contribution in [0, 0.1) is 5.92 Å². The van der Waals surface area contributed by atoms with Gasteiger partial charge in [0.25, 0.3) is 0 Å². The Balaban J connectivity index is 2.30. The van der Waals surface area contributed by atoms with Crippen molar-refractivity contribution < 1.29 is 8.42 Å². The zero-order valence-electron chi connectivity index (χ0n) is 11.4. The van der Waals surface area contributed by atoms with Crippen molar-refractivity contribution >= 4 is 16.0 Å². The summed E-state index contributed by atoms with van der Waals surface area (Å²) in [5.74, 6) is 1.64. The fourth-order valence-corrected chi connectivity index (χ4v) is 2.44. The van der Waals surface area contributed by atoms with Crippen LogP contribution in [-0.2, 0) is 10.0 Å². The van der Waals surface area contributed by atoms with Crippen LogP contribution in [0.2, 0.25) is 0 Å². The molecule has 1 saturated heterocycles. The maximum absolute atomic E-state index is 10.9. The molecule has 0 atom stereocenters. The van der Waals surface area contributed by atoms with E-state index in [-0.39, 0.29) is 0 Å². The monoisotopic (exact) mass is 276 g/mol. The van der Waals surface area contributed by atoms with Gasteiger partial charge in [0.2, 0.25) is 10.0 Å². The molecule has 0 bridgehead atoms. The first-order chi connectivity index (χ1) is 8.42. The number of sulfonamides is 1. The highest BCUT2D eigenvalue weighted by Crippen LogP contribution is 2.15. The van der Waals surface area contributed by atoms with E-state index >= 15 is 0 Å². The quantitative estimate of drug-likeness (QED) is 0.425. The molecular formula is C11H24N4O2S. The van der Waals surface area contributed by atoms with Crippen molar-refractivity contribution in [2.24, 2.45) is 10.9 Å². The van der Waals surface area contributed by atoms with E-state index in [4.69, 9.17) is 0 Å². The molecule has 6 nitrogen and oxygen atoms in total. The zero-order chi connectivity index (χ0) is 13.6. The molecule has 0 amide bonds. The number of piperidine rings is 1. The Hall–Kier alpha value is -0.820. The summed E-state index contributed by atoms with van der Waals surface area (Å²) in [5.41, 5.74) is 0. The average molecular weight is 276 g/mol. The van der Waals surface area contributed by atoms with Gasteiger partial charge >= 0.3 is 0 Å². The van der Waals surface area contributed by atoms with Gasteiger partial charge in [0.05, 0.1) is 6.26 Å². The molecule has 0 aliphatic carbocycles. The Labute approximate surface area is 110 Å². The van der Waals surface area contributed by atoms with E-state index in [1.54, 1.807) is 7.05 Å². The fourth-order valence-electron chi connectivity index (χ4n) is 1.96. The Morgan fingerprint density at radius 3 is 2.44 bits per heavy atom. The van der Waals surface area contributed by atoms with Crippen molar-refractivity contribution in [3.63, 3.8) is 0 Å². The second-order valence-electron chi connectivity index (χ2n) is 4.81. The first-order valence-corrected chi connectivity index (χ1v) is 8.21. The second kappa shape index (κ2) is 6.94. The maximum Gasteiger partial charge on any atom is 0.208 e. The molecule has 106 valence electrons. The van der Waals surface area contributed by atoms with Gasteiger partial charge in [-0.25, -0.2) is 13.1 Å². The van der Waals surface area contributed by atoms with Gasteiger partial charge in [-0.2, -0.15) is 0 Å². The molecule has 0 aromatic carbocycles. The van der Waals surface area contributed by atoms with E-state index < -0.39 is 10.0 Å². The molecule has 1 heterocycles. The zero-order valence-corrected chi connectivity index (χ0v) is 12.3. The van der Waals surface area contributed by atoms with Crippen molar-refractivity contribution in [1.29, 1.82) is 0 Å². The predicted octanol–water partition coefficient (Wildman–Crippen LogP) is -0.157. The van der Waals surface area contributed by atoms with Crippen molar-refractivity contribution in [2.45, 2.75) is 19.8 Å². The third-order valence-corrected chi connectivity index (χ3v) is 3.80. The average Bonchev–Trinajstić information content (AvgIpc) is 2.29.